The molecular weight excluding hydrogens is 635 g/mol. The number of benzene rings is 7. The minimum Gasteiger partial charge on any atom is -0.309 e. The molecule has 7 aromatic rings. The van der Waals surface area contributed by atoms with E-state index in [9.17, 15) is 0 Å². The van der Waals surface area contributed by atoms with Crippen molar-refractivity contribution in [3.8, 4) is 22.3 Å². The van der Waals surface area contributed by atoms with Crippen LogP contribution in [0.2, 0.25) is 0 Å². The maximum atomic E-state index is 5.58. The van der Waals surface area contributed by atoms with E-state index in [4.69, 9.17) is 12.6 Å². The summed E-state index contributed by atoms with van der Waals surface area (Å²) in [6.45, 7) is 17.2. The fourth-order valence-electron chi connectivity index (χ4n) is 9.28. The first-order valence-corrected chi connectivity index (χ1v) is 18.5. The van der Waals surface area contributed by atoms with Gasteiger partial charge in [0.2, 0.25) is 0 Å². The van der Waals surface area contributed by atoms with Crippen molar-refractivity contribution in [3.05, 3.63) is 173 Å². The van der Waals surface area contributed by atoms with Gasteiger partial charge in [0.25, 0.3) is 0 Å². The first-order valence-electron chi connectivity index (χ1n) is 18.1. The fourth-order valence-corrected chi connectivity index (χ4v) is 9.63. The minimum absolute atomic E-state index is 0.117. The molecule has 10 rings (SSSR count). The summed E-state index contributed by atoms with van der Waals surface area (Å²) in [4.78, 5) is 2.61. The van der Waals surface area contributed by atoms with E-state index in [1.807, 2.05) is 6.92 Å². The highest BCUT2D eigenvalue weighted by Crippen LogP contribution is 2.67. The molecule has 250 valence electrons. The monoisotopic (exact) mass is 677 g/mol. The van der Waals surface area contributed by atoms with E-state index in [0.717, 1.165) is 0 Å². The molecule has 0 saturated carbocycles. The lowest BCUT2D eigenvalue weighted by Crippen LogP contribution is -2.43. The van der Waals surface area contributed by atoms with Crippen LogP contribution in [0.4, 0.5) is 17.1 Å². The highest BCUT2D eigenvalue weighted by molar-refractivity contribution is 7.81. The van der Waals surface area contributed by atoms with E-state index in [-0.39, 0.29) is 10.8 Å². The Balaban J connectivity index is 0.00000112. The molecule has 0 fully saturated rings. The highest BCUT2D eigenvalue weighted by Gasteiger charge is 2.52. The van der Waals surface area contributed by atoms with Crippen LogP contribution in [-0.2, 0) is 15.6 Å². The molecule has 3 aliphatic rings. The molecule has 3 heterocycles. The summed E-state index contributed by atoms with van der Waals surface area (Å²) < 4.78 is -0.473. The molecule has 0 amide bonds. The quantitative estimate of drug-likeness (QED) is 0.141. The van der Waals surface area contributed by atoms with Gasteiger partial charge in [-0.3, -0.25) is 0 Å². The van der Waals surface area contributed by atoms with Gasteiger partial charge in [0.05, 0.1) is 21.8 Å². The predicted octanol–water partition coefficient (Wildman–Crippen LogP) is 13.8. The van der Waals surface area contributed by atoms with Crippen molar-refractivity contribution in [1.29, 1.82) is 0 Å². The number of nitrogens with zero attached hydrogens (tertiary/aromatic N) is 1. The Morgan fingerprint density at radius 3 is 1.59 bits per heavy atom. The molecular formula is C49H43NS. The zero-order chi connectivity index (χ0) is 35.4. The normalized spacial score (nSPS) is 18.1. The number of fused-ring (bicyclic) bond motifs is 2. The molecule has 1 nitrogen and oxygen atoms in total. The van der Waals surface area contributed by atoms with Gasteiger partial charge >= 0.3 is 0 Å². The first kappa shape index (κ1) is 31.9. The first-order chi connectivity index (χ1) is 24.5. The Hall–Kier alpha value is -5.05. The fraction of sp³-hybridized carbons (Fsp3) is 0.184. The maximum absolute atomic E-state index is 5.58. The van der Waals surface area contributed by atoms with Crippen molar-refractivity contribution < 1.29 is 0 Å². The summed E-state index contributed by atoms with van der Waals surface area (Å²) in [6, 6.07) is 47.8. The van der Waals surface area contributed by atoms with Crippen LogP contribution in [0.25, 0.3) is 43.8 Å². The number of allylic oxidation sites excluding steroid dienone is 1. The van der Waals surface area contributed by atoms with Crippen LogP contribution in [-0.4, -0.2) is 0 Å². The summed E-state index contributed by atoms with van der Waals surface area (Å²) in [5.41, 5.74) is 16.8. The van der Waals surface area contributed by atoms with Gasteiger partial charge < -0.3 is 4.90 Å². The molecule has 0 bridgehead atoms. The number of rotatable bonds is 2. The number of para-hydroxylation sites is 2. The van der Waals surface area contributed by atoms with E-state index in [1.54, 1.807) is 6.08 Å². The Labute approximate surface area is 307 Å². The Morgan fingerprint density at radius 2 is 0.961 bits per heavy atom. The SMILES string of the molecule is C=CC.CC1(C)c2cccc3c2N2c4c1cccc4C(C)(S)c1cc(-c4ccc(-c5ccc6ccccc6c5)c5ccccc45)cc(c12)C3(C)C. The van der Waals surface area contributed by atoms with Crippen LogP contribution in [0.15, 0.2) is 140 Å². The lowest BCUT2D eigenvalue weighted by atomic mass is 9.63. The van der Waals surface area contributed by atoms with Gasteiger partial charge in [0.1, 0.15) is 0 Å². The molecule has 1 atom stereocenters. The topological polar surface area (TPSA) is 3.24 Å². The van der Waals surface area contributed by atoms with E-state index in [2.05, 4.69) is 173 Å². The van der Waals surface area contributed by atoms with E-state index in [0.29, 0.717) is 0 Å². The van der Waals surface area contributed by atoms with Crippen LogP contribution in [0.3, 0.4) is 0 Å². The van der Waals surface area contributed by atoms with Crippen molar-refractivity contribution in [2.24, 2.45) is 0 Å². The van der Waals surface area contributed by atoms with E-state index >= 15 is 0 Å². The van der Waals surface area contributed by atoms with Crippen molar-refractivity contribution in [3.63, 3.8) is 0 Å². The summed E-state index contributed by atoms with van der Waals surface area (Å²) >= 11 is 5.58. The largest absolute Gasteiger partial charge is 0.309 e. The van der Waals surface area contributed by atoms with Gasteiger partial charge in [-0.1, -0.05) is 143 Å². The maximum Gasteiger partial charge on any atom is 0.0640 e. The molecule has 0 aromatic heterocycles. The van der Waals surface area contributed by atoms with Crippen LogP contribution in [0.1, 0.15) is 74.9 Å². The molecule has 0 spiro atoms. The summed E-state index contributed by atoms with van der Waals surface area (Å²) in [6.07, 6.45) is 1.75. The lowest BCUT2D eigenvalue weighted by Gasteiger charge is -2.54. The van der Waals surface area contributed by atoms with Gasteiger partial charge in [-0.25, -0.2) is 0 Å². The zero-order valence-electron chi connectivity index (χ0n) is 30.3. The van der Waals surface area contributed by atoms with Crippen LogP contribution < -0.4 is 4.90 Å². The van der Waals surface area contributed by atoms with Gasteiger partial charge in [-0.2, -0.15) is 12.6 Å². The Morgan fingerprint density at radius 1 is 0.490 bits per heavy atom. The minimum atomic E-state index is -0.473. The molecule has 1 unspecified atom stereocenters. The number of anilines is 3. The second-order valence-corrected chi connectivity index (χ2v) is 16.6. The van der Waals surface area contributed by atoms with Crippen molar-refractivity contribution in [2.45, 2.75) is 57.1 Å². The average Bonchev–Trinajstić information content (AvgIpc) is 3.13. The van der Waals surface area contributed by atoms with E-state index < -0.39 is 4.75 Å². The molecule has 0 saturated heterocycles. The predicted molar refractivity (Wildman–Crippen MR) is 223 cm³/mol. The molecule has 3 aliphatic heterocycles. The van der Waals surface area contributed by atoms with Gasteiger partial charge in [0, 0.05) is 10.8 Å². The standard InChI is InChI=1S/C46H37NS.C3H6/c1-44(2)35-16-10-17-36-41(35)47-42-37(44)18-11-19-38(42)46(5,48)40-26-30(25-39(43(40)47)45(36,3)4)32-23-22-31(33-14-8-9-15-34(32)33)29-21-20-27-12-6-7-13-28(27)24-29;1-3-2/h6-26,48H,1-5H3;3H,1H2,2H3. The molecule has 0 aliphatic carbocycles. The number of hydrogen-bond acceptors (Lipinski definition) is 2. The number of thiol groups is 1. The molecule has 7 aromatic carbocycles. The third-order valence-corrected chi connectivity index (χ3v) is 12.4. The Kier molecular flexibility index (Phi) is 6.86. The van der Waals surface area contributed by atoms with Gasteiger partial charge in [-0.15, -0.1) is 6.58 Å². The van der Waals surface area contributed by atoms with Crippen LogP contribution in [0, 0.1) is 0 Å². The third kappa shape index (κ3) is 4.29. The third-order valence-electron chi connectivity index (χ3n) is 11.9. The van der Waals surface area contributed by atoms with Crippen molar-refractivity contribution in [2.75, 3.05) is 4.90 Å². The molecule has 0 N–H and O–H groups in total. The van der Waals surface area contributed by atoms with Crippen LogP contribution in [0.5, 0.6) is 0 Å². The highest BCUT2D eigenvalue weighted by atomic mass is 32.1. The second-order valence-electron chi connectivity index (χ2n) is 15.7. The molecule has 2 heteroatoms. The van der Waals surface area contributed by atoms with Crippen LogP contribution >= 0.6 is 12.6 Å². The smallest absolute Gasteiger partial charge is 0.0640 e. The van der Waals surface area contributed by atoms with Crippen molar-refractivity contribution in [1.82, 2.24) is 0 Å². The second kappa shape index (κ2) is 11.0. The summed E-state index contributed by atoms with van der Waals surface area (Å²) in [5, 5.41) is 5.07. The Bertz CT molecular complexity index is 2510. The molecule has 0 radical (unpaired) electrons. The van der Waals surface area contributed by atoms with E-state index in [1.165, 1.54) is 94.2 Å². The number of hydrogen-bond donors (Lipinski definition) is 1. The molecule has 51 heavy (non-hydrogen) atoms. The van der Waals surface area contributed by atoms with Gasteiger partial charge in [-0.05, 0) is 109 Å². The van der Waals surface area contributed by atoms with Crippen molar-refractivity contribution >= 4 is 51.2 Å². The van der Waals surface area contributed by atoms with Gasteiger partial charge in [0.15, 0.2) is 0 Å². The summed E-state index contributed by atoms with van der Waals surface area (Å²) in [5.74, 6) is 0. The average molecular weight is 678 g/mol. The lowest BCUT2D eigenvalue weighted by molar-refractivity contribution is 0.588. The zero-order valence-corrected chi connectivity index (χ0v) is 31.2. The summed E-state index contributed by atoms with van der Waals surface area (Å²) in [7, 11) is 0.